The number of nitrogens with one attached hydrogen (secondary N) is 1. The van der Waals surface area contributed by atoms with Crippen LogP contribution in [-0.4, -0.2) is 25.5 Å². The van der Waals surface area contributed by atoms with Gasteiger partial charge in [-0.15, -0.1) is 5.10 Å². The van der Waals surface area contributed by atoms with Gasteiger partial charge in [-0.2, -0.15) is 18.2 Å². The zero-order chi connectivity index (χ0) is 24.5. The van der Waals surface area contributed by atoms with E-state index in [4.69, 9.17) is 11.6 Å². The van der Waals surface area contributed by atoms with Gasteiger partial charge in [-0.25, -0.2) is 9.50 Å². The summed E-state index contributed by atoms with van der Waals surface area (Å²) in [5, 5.41) is 7.20. The van der Waals surface area contributed by atoms with Crippen molar-refractivity contribution in [2.45, 2.75) is 38.9 Å². The molecule has 0 aliphatic rings. The molecule has 0 spiro atoms. The molecule has 0 saturated carbocycles. The van der Waals surface area contributed by atoms with Gasteiger partial charge in [0.25, 0.3) is 11.6 Å². The Morgan fingerprint density at radius 2 is 1.68 bits per heavy atom. The average Bonchev–Trinajstić information content (AvgIpc) is 3.23. The van der Waals surface area contributed by atoms with Crippen LogP contribution in [0.15, 0.2) is 54.6 Å². The molecule has 0 fully saturated rings. The first-order valence-electron chi connectivity index (χ1n) is 10.5. The lowest BCUT2D eigenvalue weighted by Gasteiger charge is -2.20. The normalized spacial score (nSPS) is 12.6. The minimum absolute atomic E-state index is 0.118. The van der Waals surface area contributed by atoms with E-state index < -0.39 is 12.0 Å². The lowest BCUT2D eigenvalue weighted by molar-refractivity contribution is -0.144. The van der Waals surface area contributed by atoms with Crippen molar-refractivity contribution in [2.24, 2.45) is 0 Å². The number of rotatable bonds is 6. The molecule has 4 aromatic rings. The minimum atomic E-state index is -4.66. The van der Waals surface area contributed by atoms with Gasteiger partial charge in [0.2, 0.25) is 5.91 Å². The van der Waals surface area contributed by atoms with Crippen molar-refractivity contribution < 1.29 is 18.0 Å². The fourth-order valence-electron chi connectivity index (χ4n) is 3.82. The summed E-state index contributed by atoms with van der Waals surface area (Å²) in [6.07, 6.45) is -4.26. The molecular formula is C24H21ClF3N5O. The fraction of sp³-hybridized carbons (Fsp3) is 0.250. The van der Waals surface area contributed by atoms with E-state index in [-0.39, 0.29) is 30.6 Å². The highest BCUT2D eigenvalue weighted by molar-refractivity contribution is 6.30. The zero-order valence-electron chi connectivity index (χ0n) is 18.4. The monoisotopic (exact) mass is 487 g/mol. The number of carbonyl (C=O) groups is 1. The van der Waals surface area contributed by atoms with Gasteiger partial charge in [0, 0.05) is 22.8 Å². The molecule has 0 aliphatic carbocycles. The Kier molecular flexibility index (Phi) is 6.56. The average molecular weight is 488 g/mol. The van der Waals surface area contributed by atoms with E-state index >= 15 is 0 Å². The van der Waals surface area contributed by atoms with Crippen molar-refractivity contribution in [1.29, 1.82) is 0 Å². The topological polar surface area (TPSA) is 72.2 Å². The maximum atomic E-state index is 13.0. The molecule has 0 bridgehead atoms. The maximum absolute atomic E-state index is 13.0. The van der Waals surface area contributed by atoms with Gasteiger partial charge >= 0.3 is 6.18 Å². The van der Waals surface area contributed by atoms with Crippen LogP contribution in [0.3, 0.4) is 0 Å². The van der Waals surface area contributed by atoms with E-state index in [1.165, 1.54) is 0 Å². The van der Waals surface area contributed by atoms with Crippen LogP contribution in [0.2, 0.25) is 5.02 Å². The highest BCUT2D eigenvalue weighted by atomic mass is 35.5. The Morgan fingerprint density at radius 1 is 1.03 bits per heavy atom. The first kappa shape index (κ1) is 23.7. The summed E-state index contributed by atoms with van der Waals surface area (Å²) < 4.78 is 40.1. The summed E-state index contributed by atoms with van der Waals surface area (Å²) in [6.45, 7) is 3.33. The number of aromatic nitrogens is 4. The van der Waals surface area contributed by atoms with Crippen LogP contribution in [0, 0.1) is 13.8 Å². The molecule has 1 atom stereocenters. The molecule has 1 amide bonds. The van der Waals surface area contributed by atoms with Crippen LogP contribution in [-0.2, 0) is 17.4 Å². The van der Waals surface area contributed by atoms with Crippen LogP contribution < -0.4 is 5.32 Å². The third-order valence-corrected chi connectivity index (χ3v) is 5.80. The molecule has 34 heavy (non-hydrogen) atoms. The van der Waals surface area contributed by atoms with E-state index in [1.807, 2.05) is 42.5 Å². The summed E-state index contributed by atoms with van der Waals surface area (Å²) in [5.41, 5.74) is 3.42. The van der Waals surface area contributed by atoms with E-state index in [9.17, 15) is 18.0 Å². The summed E-state index contributed by atoms with van der Waals surface area (Å²) >= 11 is 6.02. The second kappa shape index (κ2) is 9.42. The van der Waals surface area contributed by atoms with Crippen molar-refractivity contribution in [3.05, 3.63) is 93.5 Å². The van der Waals surface area contributed by atoms with Crippen molar-refractivity contribution >= 4 is 23.3 Å². The number of halogens is 4. The Bertz CT molecular complexity index is 1320. The molecule has 176 valence electrons. The third-order valence-electron chi connectivity index (χ3n) is 5.55. The van der Waals surface area contributed by atoms with E-state index in [2.05, 4.69) is 20.4 Å². The van der Waals surface area contributed by atoms with Crippen LogP contribution in [0.25, 0.3) is 5.78 Å². The maximum Gasteiger partial charge on any atom is 0.453 e. The summed E-state index contributed by atoms with van der Waals surface area (Å²) in [7, 11) is 0. The second-order valence-corrected chi connectivity index (χ2v) is 8.31. The largest absolute Gasteiger partial charge is 0.453 e. The number of alkyl halides is 3. The molecule has 2 aromatic carbocycles. The number of nitrogens with zero attached hydrogens (tertiary/aromatic N) is 4. The molecular weight excluding hydrogens is 467 g/mol. The van der Waals surface area contributed by atoms with E-state index in [0.717, 1.165) is 15.6 Å². The highest BCUT2D eigenvalue weighted by Gasteiger charge is 2.37. The predicted octanol–water partition coefficient (Wildman–Crippen LogP) is 5.25. The van der Waals surface area contributed by atoms with Gasteiger partial charge in [0.1, 0.15) is 0 Å². The molecule has 1 N–H and O–H groups in total. The number of carbonyl (C=O) groups excluding carboxylic acids is 1. The van der Waals surface area contributed by atoms with Gasteiger partial charge in [-0.1, -0.05) is 54.1 Å². The van der Waals surface area contributed by atoms with Crippen molar-refractivity contribution in [3.8, 4) is 0 Å². The number of amides is 1. The van der Waals surface area contributed by atoms with Gasteiger partial charge in [0.15, 0.2) is 0 Å². The van der Waals surface area contributed by atoms with Crippen LogP contribution in [0.4, 0.5) is 13.2 Å². The first-order chi connectivity index (χ1) is 16.1. The number of hydrogen-bond acceptors (Lipinski definition) is 4. The van der Waals surface area contributed by atoms with Crippen molar-refractivity contribution in [1.82, 2.24) is 24.9 Å². The molecule has 0 saturated heterocycles. The number of hydrogen-bond donors (Lipinski definition) is 1. The number of fused-ring (bicyclic) bond motifs is 1. The first-order valence-corrected chi connectivity index (χ1v) is 10.9. The van der Waals surface area contributed by atoms with Gasteiger partial charge in [-0.3, -0.25) is 4.79 Å². The lowest BCUT2D eigenvalue weighted by atomic mass is 9.98. The SMILES string of the molecule is Cc1nc2nc(C(F)(F)F)nn2c(C)c1CCC(=O)NC(c1ccccc1)c1ccc(Cl)cc1. The van der Waals surface area contributed by atoms with Crippen LogP contribution >= 0.6 is 11.6 Å². The zero-order valence-corrected chi connectivity index (χ0v) is 19.2. The summed E-state index contributed by atoms with van der Waals surface area (Å²) in [4.78, 5) is 20.6. The Labute approximate surface area is 198 Å². The predicted molar refractivity (Wildman–Crippen MR) is 121 cm³/mol. The molecule has 2 heterocycles. The molecule has 2 aromatic heterocycles. The van der Waals surface area contributed by atoms with Crippen LogP contribution in [0.5, 0.6) is 0 Å². The molecule has 0 radical (unpaired) electrons. The molecule has 6 nitrogen and oxygen atoms in total. The standard InChI is InChI=1S/C24H21ClF3N5O/c1-14-19(15(2)33-23(29-14)31-22(32-33)24(26,27)28)12-13-20(34)30-21(16-6-4-3-5-7-16)17-8-10-18(25)11-9-17/h3-11,21H,12-13H2,1-2H3,(H,30,34). The molecule has 10 heteroatoms. The van der Waals surface area contributed by atoms with Gasteiger partial charge in [0.05, 0.1) is 6.04 Å². The Balaban J connectivity index is 1.54. The number of benzene rings is 2. The van der Waals surface area contributed by atoms with Crippen LogP contribution in [0.1, 0.15) is 46.4 Å². The molecule has 1 unspecified atom stereocenters. The highest BCUT2D eigenvalue weighted by Crippen LogP contribution is 2.27. The molecule has 4 rings (SSSR count). The Hall–Kier alpha value is -3.46. The third kappa shape index (κ3) is 5.04. The molecule has 0 aliphatic heterocycles. The van der Waals surface area contributed by atoms with Crippen molar-refractivity contribution in [3.63, 3.8) is 0 Å². The van der Waals surface area contributed by atoms with Crippen molar-refractivity contribution in [2.75, 3.05) is 0 Å². The van der Waals surface area contributed by atoms with Gasteiger partial charge in [-0.05, 0) is 49.1 Å². The summed E-state index contributed by atoms with van der Waals surface area (Å²) in [6, 6.07) is 16.4. The number of aryl methyl sites for hydroxylation is 2. The smallest absolute Gasteiger partial charge is 0.345 e. The quantitative estimate of drug-likeness (QED) is 0.403. The lowest BCUT2D eigenvalue weighted by Crippen LogP contribution is -2.29. The second-order valence-electron chi connectivity index (χ2n) is 7.87. The Morgan fingerprint density at radius 3 is 2.32 bits per heavy atom. The fourth-order valence-corrected chi connectivity index (χ4v) is 3.95. The van der Waals surface area contributed by atoms with E-state index in [0.29, 0.717) is 22.0 Å². The van der Waals surface area contributed by atoms with Gasteiger partial charge < -0.3 is 5.32 Å². The summed E-state index contributed by atoms with van der Waals surface area (Å²) in [5.74, 6) is -1.58. The minimum Gasteiger partial charge on any atom is -0.345 e. The van der Waals surface area contributed by atoms with E-state index in [1.54, 1.807) is 26.0 Å².